The zero-order valence-electron chi connectivity index (χ0n) is 13.4. The van der Waals surface area contributed by atoms with Crippen molar-refractivity contribution in [3.63, 3.8) is 0 Å². The van der Waals surface area contributed by atoms with E-state index in [4.69, 9.17) is 9.72 Å². The highest BCUT2D eigenvalue weighted by Gasteiger charge is 2.27. The molecule has 0 saturated carbocycles. The third-order valence-corrected chi connectivity index (χ3v) is 5.82. The van der Waals surface area contributed by atoms with Crippen LogP contribution in [0.3, 0.4) is 0 Å². The molecule has 2 atom stereocenters. The first-order valence-corrected chi connectivity index (χ1v) is 9.48. The standard InChI is InChI=1S/C17H26N2O2S/c1-2-14-12-22-17(18-14)13-5-3-9-19(11-13)16(20)8-7-15-6-4-10-21-15/h12-13,15H,2-11H2,1H3/t13-,15+/m0/s1. The lowest BCUT2D eigenvalue weighted by atomic mass is 9.98. The lowest BCUT2D eigenvalue weighted by Crippen LogP contribution is -2.39. The Kier molecular flexibility index (Phi) is 5.47. The lowest BCUT2D eigenvalue weighted by Gasteiger charge is -2.32. The summed E-state index contributed by atoms with van der Waals surface area (Å²) in [6, 6.07) is 0. The van der Waals surface area contributed by atoms with Crippen LogP contribution in [0.5, 0.6) is 0 Å². The number of rotatable bonds is 5. The van der Waals surface area contributed by atoms with Crippen LogP contribution in [-0.4, -0.2) is 41.6 Å². The Bertz CT molecular complexity index is 497. The van der Waals surface area contributed by atoms with E-state index in [9.17, 15) is 4.79 Å². The normalized spacial score (nSPS) is 25.6. The molecule has 0 bridgehead atoms. The second-order valence-electron chi connectivity index (χ2n) is 6.38. The van der Waals surface area contributed by atoms with Crippen molar-refractivity contribution in [2.75, 3.05) is 19.7 Å². The quantitative estimate of drug-likeness (QED) is 0.834. The van der Waals surface area contributed by atoms with Gasteiger partial charge in [0.2, 0.25) is 5.91 Å². The first-order chi connectivity index (χ1) is 10.8. The van der Waals surface area contributed by atoms with E-state index in [1.165, 1.54) is 10.7 Å². The van der Waals surface area contributed by atoms with E-state index < -0.39 is 0 Å². The molecule has 1 aromatic rings. The Labute approximate surface area is 136 Å². The highest BCUT2D eigenvalue weighted by Crippen LogP contribution is 2.30. The summed E-state index contributed by atoms with van der Waals surface area (Å²) in [4.78, 5) is 19.2. The number of thiazole rings is 1. The number of carbonyl (C=O) groups is 1. The van der Waals surface area contributed by atoms with Crippen LogP contribution in [0.25, 0.3) is 0 Å². The van der Waals surface area contributed by atoms with Gasteiger partial charge in [0.25, 0.3) is 0 Å². The minimum Gasteiger partial charge on any atom is -0.378 e. The van der Waals surface area contributed by atoms with Crippen LogP contribution < -0.4 is 0 Å². The summed E-state index contributed by atoms with van der Waals surface area (Å²) >= 11 is 1.76. The number of hydrogen-bond donors (Lipinski definition) is 0. The predicted molar refractivity (Wildman–Crippen MR) is 88.3 cm³/mol. The number of aryl methyl sites for hydroxylation is 1. The number of amides is 1. The van der Waals surface area contributed by atoms with Crippen molar-refractivity contribution in [3.05, 3.63) is 16.1 Å². The van der Waals surface area contributed by atoms with Crippen LogP contribution in [0.15, 0.2) is 5.38 Å². The molecule has 2 saturated heterocycles. The monoisotopic (exact) mass is 322 g/mol. The zero-order valence-corrected chi connectivity index (χ0v) is 14.2. The summed E-state index contributed by atoms with van der Waals surface area (Å²) in [5.41, 5.74) is 1.18. The number of likely N-dealkylation sites (tertiary alicyclic amines) is 1. The van der Waals surface area contributed by atoms with Crippen molar-refractivity contribution in [1.29, 1.82) is 0 Å². The maximum absolute atomic E-state index is 12.4. The fourth-order valence-electron chi connectivity index (χ4n) is 3.39. The van der Waals surface area contributed by atoms with Gasteiger partial charge >= 0.3 is 0 Å². The van der Waals surface area contributed by atoms with E-state index in [-0.39, 0.29) is 0 Å². The van der Waals surface area contributed by atoms with Gasteiger partial charge in [0, 0.05) is 37.4 Å². The van der Waals surface area contributed by atoms with Crippen LogP contribution in [-0.2, 0) is 16.0 Å². The van der Waals surface area contributed by atoms with Gasteiger partial charge in [-0.15, -0.1) is 11.3 Å². The van der Waals surface area contributed by atoms with Gasteiger partial charge in [0.1, 0.15) is 0 Å². The highest BCUT2D eigenvalue weighted by molar-refractivity contribution is 7.09. The molecular formula is C17H26N2O2S. The molecule has 1 aromatic heterocycles. The fourth-order valence-corrected chi connectivity index (χ4v) is 4.42. The van der Waals surface area contributed by atoms with Gasteiger partial charge in [-0.05, 0) is 38.5 Å². The first-order valence-electron chi connectivity index (χ1n) is 8.60. The van der Waals surface area contributed by atoms with E-state index in [1.54, 1.807) is 11.3 Å². The minimum absolute atomic E-state index is 0.299. The highest BCUT2D eigenvalue weighted by atomic mass is 32.1. The van der Waals surface area contributed by atoms with Crippen molar-refractivity contribution in [2.45, 2.75) is 63.9 Å². The van der Waals surface area contributed by atoms with Gasteiger partial charge in [-0.2, -0.15) is 0 Å². The number of ether oxygens (including phenoxy) is 1. The summed E-state index contributed by atoms with van der Waals surface area (Å²) in [5.74, 6) is 0.734. The molecule has 1 amide bonds. The zero-order chi connectivity index (χ0) is 15.4. The van der Waals surface area contributed by atoms with E-state index >= 15 is 0 Å². The summed E-state index contributed by atoms with van der Waals surface area (Å²) in [7, 11) is 0. The molecule has 0 spiro atoms. The average molecular weight is 322 g/mol. The van der Waals surface area contributed by atoms with Gasteiger partial charge in [-0.3, -0.25) is 4.79 Å². The fraction of sp³-hybridized carbons (Fsp3) is 0.765. The Balaban J connectivity index is 1.51. The van der Waals surface area contributed by atoms with Gasteiger partial charge in [-0.1, -0.05) is 6.92 Å². The molecule has 2 fully saturated rings. The molecular weight excluding hydrogens is 296 g/mol. The van der Waals surface area contributed by atoms with Gasteiger partial charge in [-0.25, -0.2) is 4.98 Å². The topological polar surface area (TPSA) is 42.4 Å². The SMILES string of the molecule is CCc1csc([C@H]2CCCN(C(=O)CC[C@H]3CCCO3)C2)n1. The van der Waals surface area contributed by atoms with Crippen molar-refractivity contribution < 1.29 is 9.53 Å². The molecule has 2 aliphatic rings. The minimum atomic E-state index is 0.299. The van der Waals surface area contributed by atoms with Crippen LogP contribution in [0, 0.1) is 0 Å². The number of hydrogen-bond acceptors (Lipinski definition) is 4. The van der Waals surface area contributed by atoms with Crippen LogP contribution in [0.4, 0.5) is 0 Å². The van der Waals surface area contributed by atoms with E-state index in [0.29, 0.717) is 24.3 Å². The Hall–Kier alpha value is -0.940. The van der Waals surface area contributed by atoms with Gasteiger partial charge in [0.15, 0.2) is 0 Å². The van der Waals surface area contributed by atoms with Crippen molar-refractivity contribution in [2.24, 2.45) is 0 Å². The molecule has 122 valence electrons. The summed E-state index contributed by atoms with van der Waals surface area (Å²) in [6.45, 7) is 4.77. The molecule has 5 heteroatoms. The molecule has 0 unspecified atom stereocenters. The second kappa shape index (κ2) is 7.55. The van der Waals surface area contributed by atoms with E-state index in [0.717, 1.165) is 58.2 Å². The van der Waals surface area contributed by atoms with Gasteiger partial charge in [0.05, 0.1) is 16.8 Å². The Morgan fingerprint density at radius 1 is 1.45 bits per heavy atom. The molecule has 3 heterocycles. The Morgan fingerprint density at radius 3 is 3.09 bits per heavy atom. The predicted octanol–water partition coefficient (Wildman–Crippen LogP) is 3.37. The molecule has 0 radical (unpaired) electrons. The summed E-state index contributed by atoms with van der Waals surface area (Å²) in [5, 5.41) is 3.38. The summed E-state index contributed by atoms with van der Waals surface area (Å²) < 4.78 is 5.62. The number of aromatic nitrogens is 1. The lowest BCUT2D eigenvalue weighted by molar-refractivity contribution is -0.133. The number of nitrogens with zero attached hydrogens (tertiary/aromatic N) is 2. The maximum atomic E-state index is 12.4. The van der Waals surface area contributed by atoms with Crippen LogP contribution in [0.2, 0.25) is 0 Å². The molecule has 0 aromatic carbocycles. The molecule has 2 aliphatic heterocycles. The third kappa shape index (κ3) is 3.87. The van der Waals surface area contributed by atoms with Crippen molar-refractivity contribution in [3.8, 4) is 0 Å². The first kappa shape index (κ1) is 15.9. The van der Waals surface area contributed by atoms with Crippen molar-refractivity contribution >= 4 is 17.2 Å². The number of piperidine rings is 1. The van der Waals surface area contributed by atoms with Crippen molar-refractivity contribution in [1.82, 2.24) is 9.88 Å². The van der Waals surface area contributed by atoms with Crippen LogP contribution in [0.1, 0.15) is 62.1 Å². The van der Waals surface area contributed by atoms with E-state index in [2.05, 4.69) is 17.2 Å². The molecule has 0 aliphatic carbocycles. The van der Waals surface area contributed by atoms with E-state index in [1.807, 2.05) is 0 Å². The third-order valence-electron chi connectivity index (χ3n) is 4.76. The van der Waals surface area contributed by atoms with Gasteiger partial charge < -0.3 is 9.64 Å². The van der Waals surface area contributed by atoms with Crippen LogP contribution >= 0.6 is 11.3 Å². The maximum Gasteiger partial charge on any atom is 0.222 e. The molecule has 3 rings (SSSR count). The largest absolute Gasteiger partial charge is 0.378 e. The summed E-state index contributed by atoms with van der Waals surface area (Å²) in [6.07, 6.45) is 7.35. The molecule has 0 N–H and O–H groups in total. The smallest absolute Gasteiger partial charge is 0.222 e. The molecule has 4 nitrogen and oxygen atoms in total. The average Bonchev–Trinajstić information content (AvgIpc) is 3.24. The second-order valence-corrected chi connectivity index (χ2v) is 7.27. The Morgan fingerprint density at radius 2 is 2.36 bits per heavy atom. The number of carbonyl (C=O) groups excluding carboxylic acids is 1. The molecule has 22 heavy (non-hydrogen) atoms.